The fourth-order valence-electron chi connectivity index (χ4n) is 1.09. The number of halogens is 5. The van der Waals surface area contributed by atoms with Gasteiger partial charge >= 0.3 is 6.18 Å². The molecule has 0 fully saturated rings. The maximum atomic E-state index is 13.0. The molecule has 8 heteroatoms. The molecule has 1 aromatic carbocycles. The summed E-state index contributed by atoms with van der Waals surface area (Å²) in [6.45, 7) is 1.09. The predicted molar refractivity (Wildman–Crippen MR) is 49.2 cm³/mol. The smallest absolute Gasteiger partial charge is 0.207 e. The average molecular weight is 277 g/mol. The van der Waals surface area contributed by atoms with E-state index in [4.69, 9.17) is 10.7 Å². The highest BCUT2D eigenvalue weighted by molar-refractivity contribution is 8.13. The van der Waals surface area contributed by atoms with Crippen molar-refractivity contribution in [3.05, 3.63) is 29.1 Å². The fourth-order valence-corrected chi connectivity index (χ4v) is 2.15. The summed E-state index contributed by atoms with van der Waals surface area (Å²) in [5.74, 6) is -1.06. The first kappa shape index (κ1) is 13.2. The molecule has 0 saturated heterocycles. The van der Waals surface area contributed by atoms with Gasteiger partial charge in [-0.3, -0.25) is 0 Å². The second-order valence-electron chi connectivity index (χ2n) is 3.03. The molecule has 0 unspecified atom stereocenters. The van der Waals surface area contributed by atoms with Crippen LogP contribution in [0.15, 0.2) is 17.0 Å². The minimum absolute atomic E-state index is 0.264. The number of rotatable bonds is 1. The van der Waals surface area contributed by atoms with Gasteiger partial charge in [0.25, 0.3) is 9.05 Å². The van der Waals surface area contributed by atoms with Crippen LogP contribution in [0.25, 0.3) is 0 Å². The Hall–Kier alpha value is -0.820. The van der Waals surface area contributed by atoms with Crippen LogP contribution in [0.3, 0.4) is 0 Å². The van der Waals surface area contributed by atoms with Crippen LogP contribution in [0.4, 0.5) is 17.6 Å². The first-order valence-corrected chi connectivity index (χ1v) is 6.16. The number of alkyl halides is 3. The van der Waals surface area contributed by atoms with Crippen LogP contribution in [0.2, 0.25) is 0 Å². The van der Waals surface area contributed by atoms with Crippen molar-refractivity contribution < 1.29 is 26.0 Å². The lowest BCUT2D eigenvalue weighted by Crippen LogP contribution is -2.12. The van der Waals surface area contributed by atoms with Gasteiger partial charge in [-0.2, -0.15) is 13.2 Å². The van der Waals surface area contributed by atoms with Crippen molar-refractivity contribution in [2.45, 2.75) is 18.0 Å². The van der Waals surface area contributed by atoms with E-state index in [1.54, 1.807) is 0 Å². The molecule has 0 heterocycles. The summed E-state index contributed by atoms with van der Waals surface area (Å²) in [5, 5.41) is 0. The number of hydrogen-bond acceptors (Lipinski definition) is 2. The first-order valence-electron chi connectivity index (χ1n) is 3.85. The third kappa shape index (κ3) is 2.65. The molecule has 90 valence electrons. The SMILES string of the molecule is Cc1cc(C(F)(F)F)c(S(=O)(=O)Cl)cc1F. The van der Waals surface area contributed by atoms with Gasteiger partial charge in [-0.05, 0) is 24.6 Å². The maximum absolute atomic E-state index is 13.0. The van der Waals surface area contributed by atoms with Crippen molar-refractivity contribution >= 4 is 19.7 Å². The van der Waals surface area contributed by atoms with E-state index in [1.165, 1.54) is 0 Å². The minimum Gasteiger partial charge on any atom is -0.207 e. The van der Waals surface area contributed by atoms with Crippen molar-refractivity contribution in [3.63, 3.8) is 0 Å². The summed E-state index contributed by atoms with van der Waals surface area (Å²) in [5.41, 5.74) is -1.78. The summed E-state index contributed by atoms with van der Waals surface area (Å²) in [6, 6.07) is 0.672. The molecule has 0 aliphatic carbocycles. The molecule has 0 atom stereocenters. The number of benzene rings is 1. The van der Waals surface area contributed by atoms with Crippen LogP contribution < -0.4 is 0 Å². The van der Waals surface area contributed by atoms with Crippen LogP contribution in [-0.4, -0.2) is 8.42 Å². The largest absolute Gasteiger partial charge is 0.417 e. The molecule has 2 nitrogen and oxygen atoms in total. The lowest BCUT2D eigenvalue weighted by atomic mass is 10.1. The highest BCUT2D eigenvalue weighted by Gasteiger charge is 2.37. The van der Waals surface area contributed by atoms with Gasteiger partial charge in [-0.25, -0.2) is 12.8 Å². The minimum atomic E-state index is -4.91. The molecule has 0 spiro atoms. The average Bonchev–Trinajstić information content (AvgIpc) is 2.05. The molecule has 1 aromatic rings. The Labute approximate surface area is 93.3 Å². The van der Waals surface area contributed by atoms with Gasteiger partial charge in [-0.1, -0.05) is 0 Å². The van der Waals surface area contributed by atoms with Crippen LogP contribution in [0.1, 0.15) is 11.1 Å². The maximum Gasteiger partial charge on any atom is 0.417 e. The molecule has 16 heavy (non-hydrogen) atoms. The Morgan fingerprint density at radius 2 is 1.75 bits per heavy atom. The van der Waals surface area contributed by atoms with E-state index in [0.29, 0.717) is 6.07 Å². The zero-order valence-corrected chi connectivity index (χ0v) is 9.34. The van der Waals surface area contributed by atoms with Crippen LogP contribution in [0, 0.1) is 12.7 Å². The molecular weight excluding hydrogens is 272 g/mol. The van der Waals surface area contributed by atoms with Crippen LogP contribution in [0.5, 0.6) is 0 Å². The Morgan fingerprint density at radius 3 is 2.12 bits per heavy atom. The van der Waals surface area contributed by atoms with E-state index < -0.39 is 31.5 Å². The van der Waals surface area contributed by atoms with E-state index in [1.807, 2.05) is 0 Å². The molecule has 0 saturated carbocycles. The van der Waals surface area contributed by atoms with Crippen molar-refractivity contribution in [2.24, 2.45) is 0 Å². The van der Waals surface area contributed by atoms with Gasteiger partial charge in [0.15, 0.2) is 0 Å². The zero-order valence-electron chi connectivity index (χ0n) is 7.77. The quantitative estimate of drug-likeness (QED) is 0.583. The van der Waals surface area contributed by atoms with E-state index in [9.17, 15) is 26.0 Å². The molecular formula is C8H5ClF4O2S. The van der Waals surface area contributed by atoms with Gasteiger partial charge in [0, 0.05) is 10.7 Å². The Kier molecular flexibility index (Phi) is 3.22. The number of aryl methyl sites for hydroxylation is 1. The van der Waals surface area contributed by atoms with E-state index in [2.05, 4.69) is 0 Å². The summed E-state index contributed by atoms with van der Waals surface area (Å²) in [6.07, 6.45) is -4.91. The van der Waals surface area contributed by atoms with E-state index in [-0.39, 0.29) is 11.6 Å². The van der Waals surface area contributed by atoms with Crippen LogP contribution >= 0.6 is 10.7 Å². The van der Waals surface area contributed by atoms with Crippen molar-refractivity contribution in [2.75, 3.05) is 0 Å². The molecule has 1 rings (SSSR count). The summed E-state index contributed by atoms with van der Waals surface area (Å²) < 4.78 is 72.0. The molecule has 0 radical (unpaired) electrons. The standard InChI is InChI=1S/C8H5ClF4O2S/c1-4-2-5(8(11,12)13)7(3-6(4)10)16(9,14)15/h2-3H,1H3. The van der Waals surface area contributed by atoms with E-state index in [0.717, 1.165) is 6.92 Å². The highest BCUT2D eigenvalue weighted by Crippen LogP contribution is 2.36. The lowest BCUT2D eigenvalue weighted by Gasteiger charge is -2.11. The van der Waals surface area contributed by atoms with Crippen molar-refractivity contribution in [1.82, 2.24) is 0 Å². The molecule has 0 N–H and O–H groups in total. The fraction of sp³-hybridized carbons (Fsp3) is 0.250. The molecule has 0 aliphatic rings. The Morgan fingerprint density at radius 1 is 1.25 bits per heavy atom. The van der Waals surface area contributed by atoms with Crippen molar-refractivity contribution in [3.8, 4) is 0 Å². The van der Waals surface area contributed by atoms with Gasteiger partial charge in [0.2, 0.25) is 0 Å². The summed E-state index contributed by atoms with van der Waals surface area (Å²) >= 11 is 0. The Bertz CT molecular complexity index is 522. The zero-order chi connectivity index (χ0) is 12.7. The normalized spacial score (nSPS) is 12.9. The topological polar surface area (TPSA) is 34.1 Å². The van der Waals surface area contributed by atoms with Crippen molar-refractivity contribution in [1.29, 1.82) is 0 Å². The monoisotopic (exact) mass is 276 g/mol. The molecule has 0 aliphatic heterocycles. The summed E-state index contributed by atoms with van der Waals surface area (Å²) in [4.78, 5) is -1.27. The van der Waals surface area contributed by atoms with Gasteiger partial charge in [0.05, 0.1) is 10.5 Å². The first-order chi connectivity index (χ1) is 7.03. The van der Waals surface area contributed by atoms with Gasteiger partial charge < -0.3 is 0 Å². The van der Waals surface area contributed by atoms with Crippen LogP contribution in [-0.2, 0) is 15.2 Å². The van der Waals surface area contributed by atoms with Gasteiger partial charge in [-0.15, -0.1) is 0 Å². The second kappa shape index (κ2) is 3.89. The number of hydrogen-bond donors (Lipinski definition) is 0. The highest BCUT2D eigenvalue weighted by atomic mass is 35.7. The second-order valence-corrected chi connectivity index (χ2v) is 5.57. The third-order valence-corrected chi connectivity index (χ3v) is 3.19. The van der Waals surface area contributed by atoms with E-state index >= 15 is 0 Å². The molecule has 0 amide bonds. The Balaban J connectivity index is 3.66. The lowest BCUT2D eigenvalue weighted by molar-refractivity contribution is -0.139. The molecule has 0 bridgehead atoms. The predicted octanol–water partition coefficient (Wildman–Crippen LogP) is 3.08. The summed E-state index contributed by atoms with van der Waals surface area (Å²) in [7, 11) is 0.156. The molecule has 0 aromatic heterocycles. The third-order valence-electron chi connectivity index (χ3n) is 1.83. The van der Waals surface area contributed by atoms with Gasteiger partial charge in [0.1, 0.15) is 5.82 Å².